The van der Waals surface area contributed by atoms with E-state index < -0.39 is 0 Å². The van der Waals surface area contributed by atoms with Gasteiger partial charge in [0.25, 0.3) is 0 Å². The van der Waals surface area contributed by atoms with Crippen LogP contribution in [0.2, 0.25) is 0 Å². The Morgan fingerprint density at radius 1 is 0.824 bits per heavy atom. The lowest BCUT2D eigenvalue weighted by atomic mass is 10.1. The van der Waals surface area contributed by atoms with Crippen molar-refractivity contribution in [2.24, 2.45) is 0 Å². The van der Waals surface area contributed by atoms with Gasteiger partial charge in [-0.25, -0.2) is 0 Å². The van der Waals surface area contributed by atoms with Crippen molar-refractivity contribution in [1.29, 1.82) is 0 Å². The molecule has 0 saturated heterocycles. The van der Waals surface area contributed by atoms with E-state index in [0.29, 0.717) is 0 Å². The molecule has 0 radical (unpaired) electrons. The van der Waals surface area contributed by atoms with Crippen LogP contribution >= 0.6 is 0 Å². The van der Waals surface area contributed by atoms with Crippen molar-refractivity contribution in [1.82, 2.24) is 0 Å². The molecule has 0 aromatic heterocycles. The van der Waals surface area contributed by atoms with E-state index in [1.807, 2.05) is 44.2 Å². The Labute approximate surface area is 107 Å². The van der Waals surface area contributed by atoms with E-state index in [1.165, 1.54) is 38.5 Å². The Morgan fingerprint density at radius 2 is 1.41 bits per heavy atom. The Kier molecular flexibility index (Phi) is 12.3. The molecule has 1 rings (SSSR count). The van der Waals surface area contributed by atoms with Gasteiger partial charge in [0.2, 0.25) is 0 Å². The molecule has 1 nitrogen and oxygen atoms in total. The predicted octanol–water partition coefficient (Wildman–Crippen LogP) is 5.45. The normalized spacial score (nSPS) is 9.35. The lowest BCUT2D eigenvalue weighted by Gasteiger charge is -2.05. The lowest BCUT2D eigenvalue weighted by Crippen LogP contribution is -1.96. The molecule has 0 N–H and O–H groups in total. The smallest absolute Gasteiger partial charge is 0.119 e. The van der Waals surface area contributed by atoms with Crippen LogP contribution in [-0.4, -0.2) is 6.61 Å². The van der Waals surface area contributed by atoms with Crippen molar-refractivity contribution in [2.75, 3.05) is 6.61 Å². The number of hydrogen-bond acceptors (Lipinski definition) is 1. The topological polar surface area (TPSA) is 9.23 Å². The molecule has 0 bridgehead atoms. The van der Waals surface area contributed by atoms with Crippen LogP contribution < -0.4 is 4.74 Å². The third kappa shape index (κ3) is 9.92. The summed E-state index contributed by atoms with van der Waals surface area (Å²) >= 11 is 0. The Morgan fingerprint density at radius 3 is 2.06 bits per heavy atom. The number of hydrogen-bond donors (Lipinski definition) is 0. The minimum atomic E-state index is 0.857. The van der Waals surface area contributed by atoms with Gasteiger partial charge in [0.15, 0.2) is 0 Å². The summed E-state index contributed by atoms with van der Waals surface area (Å²) in [5, 5.41) is 0. The van der Waals surface area contributed by atoms with E-state index in [1.54, 1.807) is 0 Å². The van der Waals surface area contributed by atoms with Gasteiger partial charge in [-0.15, -0.1) is 0 Å². The number of unbranched alkanes of at least 4 members (excludes halogenated alkanes) is 5. The minimum absolute atomic E-state index is 0.857. The van der Waals surface area contributed by atoms with E-state index in [2.05, 4.69) is 6.92 Å². The summed E-state index contributed by atoms with van der Waals surface area (Å²) in [4.78, 5) is 0. The average molecular weight is 236 g/mol. The summed E-state index contributed by atoms with van der Waals surface area (Å²) in [6.45, 7) is 7.11. The highest BCUT2D eigenvalue weighted by Gasteiger charge is 1.92. The van der Waals surface area contributed by atoms with E-state index in [-0.39, 0.29) is 0 Å². The third-order valence-corrected chi connectivity index (χ3v) is 2.51. The van der Waals surface area contributed by atoms with Gasteiger partial charge in [-0.2, -0.15) is 0 Å². The molecule has 98 valence electrons. The maximum absolute atomic E-state index is 5.61. The Bertz CT molecular complexity index is 231. The molecule has 0 aliphatic heterocycles. The summed E-state index contributed by atoms with van der Waals surface area (Å²) in [6.07, 6.45) is 7.90. The summed E-state index contributed by atoms with van der Waals surface area (Å²) < 4.78 is 5.61. The van der Waals surface area contributed by atoms with E-state index in [0.717, 1.165) is 12.4 Å². The van der Waals surface area contributed by atoms with E-state index in [4.69, 9.17) is 4.74 Å². The largest absolute Gasteiger partial charge is 0.494 e. The van der Waals surface area contributed by atoms with Crippen molar-refractivity contribution < 1.29 is 4.74 Å². The van der Waals surface area contributed by atoms with Crippen molar-refractivity contribution in [3.8, 4) is 5.75 Å². The Hall–Kier alpha value is -0.980. The third-order valence-electron chi connectivity index (χ3n) is 2.51. The van der Waals surface area contributed by atoms with E-state index in [9.17, 15) is 0 Å². The number of benzene rings is 1. The first kappa shape index (κ1) is 16.0. The van der Waals surface area contributed by atoms with Crippen LogP contribution in [0.1, 0.15) is 59.3 Å². The van der Waals surface area contributed by atoms with Crippen LogP contribution in [-0.2, 0) is 0 Å². The highest BCUT2D eigenvalue weighted by Crippen LogP contribution is 2.10. The van der Waals surface area contributed by atoms with Crippen LogP contribution in [0.25, 0.3) is 0 Å². The second-order valence-corrected chi connectivity index (χ2v) is 3.93. The zero-order valence-electron chi connectivity index (χ0n) is 11.7. The molecule has 0 unspecified atom stereocenters. The van der Waals surface area contributed by atoms with Gasteiger partial charge in [0, 0.05) is 0 Å². The molecule has 0 spiro atoms. The van der Waals surface area contributed by atoms with Crippen molar-refractivity contribution in [3.05, 3.63) is 30.3 Å². The predicted molar refractivity (Wildman–Crippen MR) is 76.7 cm³/mol. The molecular weight excluding hydrogens is 208 g/mol. The SMILES string of the molecule is CC.CCCCCCCCOc1ccccc1. The molecule has 0 aliphatic carbocycles. The van der Waals surface area contributed by atoms with Crippen molar-refractivity contribution in [2.45, 2.75) is 59.3 Å². The molecule has 17 heavy (non-hydrogen) atoms. The lowest BCUT2D eigenvalue weighted by molar-refractivity contribution is 0.304. The van der Waals surface area contributed by atoms with Crippen LogP contribution in [0.5, 0.6) is 5.75 Å². The average Bonchev–Trinajstić information content (AvgIpc) is 2.41. The fourth-order valence-electron chi connectivity index (χ4n) is 1.59. The minimum Gasteiger partial charge on any atom is -0.494 e. The fraction of sp³-hybridized carbons (Fsp3) is 0.625. The van der Waals surface area contributed by atoms with Crippen molar-refractivity contribution >= 4 is 0 Å². The number of ether oxygens (including phenoxy) is 1. The van der Waals surface area contributed by atoms with Gasteiger partial charge in [-0.3, -0.25) is 0 Å². The Balaban J connectivity index is 0.00000121. The van der Waals surface area contributed by atoms with Crippen molar-refractivity contribution in [3.63, 3.8) is 0 Å². The summed E-state index contributed by atoms with van der Waals surface area (Å²) in [7, 11) is 0. The second kappa shape index (κ2) is 13.1. The summed E-state index contributed by atoms with van der Waals surface area (Å²) in [5.41, 5.74) is 0. The first-order valence-electron chi connectivity index (χ1n) is 7.11. The molecule has 0 saturated carbocycles. The maximum Gasteiger partial charge on any atom is 0.119 e. The highest BCUT2D eigenvalue weighted by molar-refractivity contribution is 5.20. The van der Waals surface area contributed by atoms with Crippen LogP contribution in [0.3, 0.4) is 0 Å². The standard InChI is InChI=1S/C14H22O.C2H6/c1-2-3-4-5-6-10-13-15-14-11-8-7-9-12-14;1-2/h7-9,11-12H,2-6,10,13H2,1H3;1-2H3. The summed E-state index contributed by atoms with van der Waals surface area (Å²) in [6, 6.07) is 10.1. The molecule has 0 aliphatic rings. The maximum atomic E-state index is 5.61. The van der Waals surface area contributed by atoms with Crippen LogP contribution in [0, 0.1) is 0 Å². The summed E-state index contributed by atoms with van der Waals surface area (Å²) in [5.74, 6) is 0.992. The number of rotatable bonds is 8. The molecule has 0 heterocycles. The van der Waals surface area contributed by atoms with Gasteiger partial charge < -0.3 is 4.74 Å². The van der Waals surface area contributed by atoms with Crippen LogP contribution in [0.4, 0.5) is 0 Å². The molecule has 0 fully saturated rings. The van der Waals surface area contributed by atoms with E-state index >= 15 is 0 Å². The second-order valence-electron chi connectivity index (χ2n) is 3.93. The van der Waals surface area contributed by atoms with Gasteiger partial charge in [-0.05, 0) is 18.6 Å². The molecule has 1 aromatic carbocycles. The monoisotopic (exact) mass is 236 g/mol. The highest BCUT2D eigenvalue weighted by atomic mass is 16.5. The molecular formula is C16H28O. The zero-order chi connectivity index (χ0) is 12.8. The van der Waals surface area contributed by atoms with Gasteiger partial charge in [0.05, 0.1) is 6.61 Å². The molecule has 0 atom stereocenters. The van der Waals surface area contributed by atoms with Gasteiger partial charge in [-0.1, -0.05) is 71.1 Å². The zero-order valence-corrected chi connectivity index (χ0v) is 11.7. The van der Waals surface area contributed by atoms with Gasteiger partial charge in [0.1, 0.15) is 5.75 Å². The fourth-order valence-corrected chi connectivity index (χ4v) is 1.59. The first-order valence-corrected chi connectivity index (χ1v) is 7.11. The first-order chi connectivity index (χ1) is 8.43. The van der Waals surface area contributed by atoms with Crippen LogP contribution in [0.15, 0.2) is 30.3 Å². The van der Waals surface area contributed by atoms with Gasteiger partial charge >= 0.3 is 0 Å². The quantitative estimate of drug-likeness (QED) is 0.545. The molecule has 1 aromatic rings. The number of para-hydroxylation sites is 1. The molecule has 0 amide bonds. The molecule has 1 heteroatoms.